The van der Waals surface area contributed by atoms with Crippen molar-refractivity contribution in [1.29, 1.82) is 0 Å². The molecule has 0 saturated heterocycles. The fourth-order valence-corrected chi connectivity index (χ4v) is 3.01. The molecule has 1 rings (SSSR count). The minimum Gasteiger partial charge on any atom is -0.373 e. The highest BCUT2D eigenvalue weighted by Gasteiger charge is 2.12. The zero-order valence-corrected chi connectivity index (χ0v) is 12.1. The molecule has 90 valence electrons. The molecule has 16 heavy (non-hydrogen) atoms. The summed E-state index contributed by atoms with van der Waals surface area (Å²) in [4.78, 5) is 12.5. The Morgan fingerprint density at radius 1 is 1.62 bits per heavy atom. The molecule has 2 nitrogen and oxygen atoms in total. The molecule has 0 radical (unpaired) electrons. The van der Waals surface area contributed by atoms with Crippen LogP contribution < -0.4 is 0 Å². The van der Waals surface area contributed by atoms with Crippen molar-refractivity contribution in [3.05, 3.63) is 20.8 Å². The predicted molar refractivity (Wildman–Crippen MR) is 71.2 cm³/mol. The largest absolute Gasteiger partial charge is 0.373 e. The highest BCUT2D eigenvalue weighted by Crippen LogP contribution is 2.23. The van der Waals surface area contributed by atoms with Crippen molar-refractivity contribution in [1.82, 2.24) is 0 Å². The molecular formula is C12H17BrO2S. The van der Waals surface area contributed by atoms with Crippen LogP contribution in [0.5, 0.6) is 0 Å². The van der Waals surface area contributed by atoms with Crippen molar-refractivity contribution in [2.75, 3.05) is 13.2 Å². The summed E-state index contributed by atoms with van der Waals surface area (Å²) >= 11 is 4.80. The molecule has 0 aliphatic rings. The van der Waals surface area contributed by atoms with E-state index in [9.17, 15) is 4.79 Å². The fourth-order valence-electron chi connectivity index (χ4n) is 1.49. The fraction of sp³-hybridized carbons (Fsp3) is 0.583. The molecule has 0 fully saturated rings. The van der Waals surface area contributed by atoms with Gasteiger partial charge in [0.05, 0.1) is 4.88 Å². The van der Waals surface area contributed by atoms with Crippen molar-refractivity contribution >= 4 is 33.0 Å². The zero-order chi connectivity index (χ0) is 12.0. The number of halogens is 1. The van der Waals surface area contributed by atoms with Gasteiger partial charge in [-0.15, -0.1) is 11.3 Å². The quantitative estimate of drug-likeness (QED) is 0.708. The standard InChI is InChI=1S/C12H17BrO2S/c1-3-4-9(2)7-15-8-11(14)12-10(13)5-6-16-12/h5-6,9H,3-4,7-8H2,1-2H3. The molecule has 0 aliphatic heterocycles. The summed E-state index contributed by atoms with van der Waals surface area (Å²) in [7, 11) is 0. The normalized spacial score (nSPS) is 12.7. The lowest BCUT2D eigenvalue weighted by molar-refractivity contribution is 0.0686. The Labute approximate surface area is 109 Å². The molecule has 1 heterocycles. The smallest absolute Gasteiger partial charge is 0.199 e. The Bertz CT molecular complexity index is 336. The van der Waals surface area contributed by atoms with Gasteiger partial charge in [0.25, 0.3) is 0 Å². The summed E-state index contributed by atoms with van der Waals surface area (Å²) < 4.78 is 6.29. The van der Waals surface area contributed by atoms with E-state index in [2.05, 4.69) is 29.8 Å². The number of hydrogen-bond acceptors (Lipinski definition) is 3. The second-order valence-electron chi connectivity index (χ2n) is 3.93. The van der Waals surface area contributed by atoms with Crippen molar-refractivity contribution in [3.8, 4) is 0 Å². The molecule has 1 aromatic heterocycles. The van der Waals surface area contributed by atoms with Crippen LogP contribution >= 0.6 is 27.3 Å². The van der Waals surface area contributed by atoms with Crippen LogP contribution in [0.1, 0.15) is 36.4 Å². The van der Waals surface area contributed by atoms with E-state index < -0.39 is 0 Å². The number of Topliss-reactive ketones (excluding diaryl/α,β-unsaturated/α-hetero) is 1. The lowest BCUT2D eigenvalue weighted by atomic mass is 10.1. The van der Waals surface area contributed by atoms with E-state index in [0.717, 1.165) is 22.2 Å². The number of rotatable bonds is 7. The molecule has 0 spiro atoms. The Morgan fingerprint density at radius 3 is 2.94 bits per heavy atom. The van der Waals surface area contributed by atoms with Crippen LogP contribution in [0.2, 0.25) is 0 Å². The van der Waals surface area contributed by atoms with E-state index >= 15 is 0 Å². The van der Waals surface area contributed by atoms with Crippen LogP contribution in [-0.2, 0) is 4.74 Å². The molecule has 4 heteroatoms. The summed E-state index contributed by atoms with van der Waals surface area (Å²) in [6.07, 6.45) is 2.31. The second kappa shape index (κ2) is 7.20. The number of hydrogen-bond donors (Lipinski definition) is 0. The summed E-state index contributed by atoms with van der Waals surface area (Å²) in [6, 6.07) is 1.89. The van der Waals surface area contributed by atoms with Crippen molar-refractivity contribution in [2.45, 2.75) is 26.7 Å². The van der Waals surface area contributed by atoms with Crippen LogP contribution in [-0.4, -0.2) is 19.0 Å². The number of ketones is 1. The number of ether oxygens (including phenoxy) is 1. The Hall–Kier alpha value is -0.190. The van der Waals surface area contributed by atoms with Crippen LogP contribution in [0, 0.1) is 5.92 Å². The minimum atomic E-state index is 0.0607. The molecule has 0 aliphatic carbocycles. The first-order valence-corrected chi connectivity index (χ1v) is 7.16. The van der Waals surface area contributed by atoms with Gasteiger partial charge >= 0.3 is 0 Å². The molecule has 0 saturated carbocycles. The summed E-state index contributed by atoms with van der Waals surface area (Å²) in [5.41, 5.74) is 0. The van der Waals surface area contributed by atoms with E-state index in [0.29, 0.717) is 12.5 Å². The lowest BCUT2D eigenvalue weighted by Crippen LogP contribution is -2.12. The van der Waals surface area contributed by atoms with Crippen LogP contribution in [0.4, 0.5) is 0 Å². The Balaban J connectivity index is 2.29. The lowest BCUT2D eigenvalue weighted by Gasteiger charge is -2.09. The second-order valence-corrected chi connectivity index (χ2v) is 5.70. The monoisotopic (exact) mass is 304 g/mol. The SMILES string of the molecule is CCCC(C)COCC(=O)c1sccc1Br. The van der Waals surface area contributed by atoms with Crippen molar-refractivity contribution in [2.24, 2.45) is 5.92 Å². The van der Waals surface area contributed by atoms with Gasteiger partial charge in [-0.2, -0.15) is 0 Å². The maximum absolute atomic E-state index is 11.7. The van der Waals surface area contributed by atoms with Crippen LogP contribution in [0.3, 0.4) is 0 Å². The maximum Gasteiger partial charge on any atom is 0.199 e. The Morgan fingerprint density at radius 2 is 2.38 bits per heavy atom. The molecule has 1 aromatic rings. The first-order valence-electron chi connectivity index (χ1n) is 5.49. The van der Waals surface area contributed by atoms with Gasteiger partial charge in [-0.05, 0) is 39.7 Å². The van der Waals surface area contributed by atoms with Crippen molar-refractivity contribution in [3.63, 3.8) is 0 Å². The Kier molecular flexibility index (Phi) is 6.24. The number of thiophene rings is 1. The molecule has 1 atom stereocenters. The average Bonchev–Trinajstić information content (AvgIpc) is 2.64. The van der Waals surface area contributed by atoms with E-state index in [1.807, 2.05) is 11.4 Å². The van der Waals surface area contributed by atoms with E-state index in [-0.39, 0.29) is 12.4 Å². The molecule has 0 amide bonds. The summed E-state index contributed by atoms with van der Waals surface area (Å²) in [5.74, 6) is 0.593. The van der Waals surface area contributed by atoms with Crippen LogP contribution in [0.15, 0.2) is 15.9 Å². The third-order valence-electron chi connectivity index (χ3n) is 2.29. The summed E-state index contributed by atoms with van der Waals surface area (Å²) in [6.45, 7) is 5.16. The number of carbonyl (C=O) groups is 1. The zero-order valence-electron chi connectivity index (χ0n) is 9.66. The molecule has 1 unspecified atom stereocenters. The molecule has 0 aromatic carbocycles. The van der Waals surface area contributed by atoms with Gasteiger partial charge in [0.15, 0.2) is 5.78 Å². The van der Waals surface area contributed by atoms with Gasteiger partial charge in [-0.25, -0.2) is 0 Å². The first-order chi connectivity index (χ1) is 7.65. The van der Waals surface area contributed by atoms with E-state index in [4.69, 9.17) is 4.74 Å². The first kappa shape index (κ1) is 13.9. The van der Waals surface area contributed by atoms with E-state index in [1.165, 1.54) is 11.3 Å². The third-order valence-corrected chi connectivity index (χ3v) is 4.17. The number of carbonyl (C=O) groups excluding carboxylic acids is 1. The highest BCUT2D eigenvalue weighted by atomic mass is 79.9. The van der Waals surface area contributed by atoms with Crippen LogP contribution in [0.25, 0.3) is 0 Å². The van der Waals surface area contributed by atoms with E-state index in [1.54, 1.807) is 0 Å². The molecule has 0 N–H and O–H groups in total. The topological polar surface area (TPSA) is 26.3 Å². The minimum absolute atomic E-state index is 0.0607. The molecule has 0 bridgehead atoms. The van der Waals surface area contributed by atoms with Gasteiger partial charge < -0.3 is 4.74 Å². The predicted octanol–water partition coefficient (Wildman–Crippen LogP) is 4.15. The van der Waals surface area contributed by atoms with Gasteiger partial charge in [0.2, 0.25) is 0 Å². The average molecular weight is 305 g/mol. The molecular weight excluding hydrogens is 288 g/mol. The highest BCUT2D eigenvalue weighted by molar-refractivity contribution is 9.10. The third kappa shape index (κ3) is 4.36. The van der Waals surface area contributed by atoms with Gasteiger partial charge in [0.1, 0.15) is 6.61 Å². The van der Waals surface area contributed by atoms with Gasteiger partial charge in [-0.1, -0.05) is 20.3 Å². The van der Waals surface area contributed by atoms with Gasteiger partial charge in [0, 0.05) is 11.1 Å². The van der Waals surface area contributed by atoms with Crippen molar-refractivity contribution < 1.29 is 9.53 Å². The summed E-state index contributed by atoms with van der Waals surface area (Å²) in [5, 5.41) is 1.90. The maximum atomic E-state index is 11.7. The van der Waals surface area contributed by atoms with Gasteiger partial charge in [-0.3, -0.25) is 4.79 Å².